The lowest BCUT2D eigenvalue weighted by Gasteiger charge is -2.19. The van der Waals surface area contributed by atoms with Crippen LogP contribution in [-0.4, -0.2) is 18.7 Å². The van der Waals surface area contributed by atoms with Crippen molar-refractivity contribution in [3.8, 4) is 22.6 Å². The fraction of sp³-hybridized carbons (Fsp3) is 0.111. The molecular formula is C18H12Cl4N2O3S. The van der Waals surface area contributed by atoms with E-state index < -0.39 is 10.0 Å². The number of anilines is 1. The minimum atomic E-state index is -3.42. The molecule has 0 radical (unpaired) electrons. The van der Waals surface area contributed by atoms with Gasteiger partial charge in [-0.1, -0.05) is 58.5 Å². The summed E-state index contributed by atoms with van der Waals surface area (Å²) in [6, 6.07) is 12.0. The minimum Gasteiger partial charge on any atom is -0.457 e. The van der Waals surface area contributed by atoms with Gasteiger partial charge in [0.25, 0.3) is 0 Å². The highest BCUT2D eigenvalue weighted by molar-refractivity contribution is 7.92. The van der Waals surface area contributed by atoms with Crippen molar-refractivity contribution in [1.82, 2.24) is 4.57 Å². The Morgan fingerprint density at radius 3 is 2.29 bits per heavy atom. The summed E-state index contributed by atoms with van der Waals surface area (Å²) in [7, 11) is -3.42. The van der Waals surface area contributed by atoms with E-state index in [1.165, 1.54) is 0 Å². The molecule has 3 aromatic rings. The summed E-state index contributed by atoms with van der Waals surface area (Å²) >= 11 is 24.6. The average Bonchev–Trinajstić information content (AvgIpc) is 2.88. The molecule has 0 bridgehead atoms. The first-order chi connectivity index (χ1) is 13.2. The Hall–Kier alpha value is -1.57. The first kappa shape index (κ1) is 19.7. The number of hydrogen-bond donors (Lipinski definition) is 1. The van der Waals surface area contributed by atoms with E-state index in [1.54, 1.807) is 47.0 Å². The van der Waals surface area contributed by atoms with Crippen molar-refractivity contribution in [1.29, 1.82) is 0 Å². The third-order valence-corrected chi connectivity index (χ3v) is 7.07. The second-order valence-corrected chi connectivity index (χ2v) is 9.50. The number of fused-ring (bicyclic) bond motifs is 1. The number of ether oxygens (including phenoxy) is 1. The summed E-state index contributed by atoms with van der Waals surface area (Å²) in [5, 5.41) is 1.42. The van der Waals surface area contributed by atoms with Gasteiger partial charge in [-0.25, -0.2) is 8.42 Å². The van der Waals surface area contributed by atoms with Gasteiger partial charge in [0.1, 0.15) is 22.5 Å². The topological polar surface area (TPSA) is 60.3 Å². The number of nitrogens with one attached hydrogen (secondary N) is 1. The van der Waals surface area contributed by atoms with E-state index in [0.29, 0.717) is 48.7 Å². The fourth-order valence-electron chi connectivity index (χ4n) is 2.91. The molecule has 0 amide bonds. The van der Waals surface area contributed by atoms with Gasteiger partial charge >= 0.3 is 0 Å². The van der Waals surface area contributed by atoms with Crippen molar-refractivity contribution >= 4 is 62.2 Å². The number of nitrogens with zero attached hydrogens (tertiary/aromatic N) is 1. The molecule has 0 aliphatic carbocycles. The lowest BCUT2D eigenvalue weighted by molar-refractivity contribution is 0.483. The monoisotopic (exact) mass is 476 g/mol. The zero-order valence-electron chi connectivity index (χ0n) is 14.0. The second-order valence-electron chi connectivity index (χ2n) is 6.10. The van der Waals surface area contributed by atoms with Gasteiger partial charge in [0.2, 0.25) is 10.0 Å². The maximum Gasteiger partial charge on any atom is 0.235 e. The summed E-state index contributed by atoms with van der Waals surface area (Å²) in [5.41, 5.74) is 1.22. The summed E-state index contributed by atoms with van der Waals surface area (Å²) in [5.74, 6) is 1.41. The molecule has 0 saturated heterocycles. The van der Waals surface area contributed by atoms with Crippen LogP contribution in [0.2, 0.25) is 20.2 Å². The van der Waals surface area contributed by atoms with Gasteiger partial charge in [-0.2, -0.15) is 0 Å². The predicted octanol–water partition coefficient (Wildman–Crippen LogP) is 6.32. The number of halogens is 4. The number of hydrogen-bond acceptors (Lipinski definition) is 3. The van der Waals surface area contributed by atoms with Crippen molar-refractivity contribution in [3.63, 3.8) is 0 Å². The van der Waals surface area contributed by atoms with Crippen LogP contribution in [0.15, 0.2) is 42.5 Å². The molecule has 4 rings (SSSR count). The molecule has 2 aromatic carbocycles. The molecule has 1 aliphatic heterocycles. The van der Waals surface area contributed by atoms with Crippen LogP contribution in [0.25, 0.3) is 11.1 Å². The van der Waals surface area contributed by atoms with Crippen molar-refractivity contribution < 1.29 is 13.2 Å². The first-order valence-corrected chi connectivity index (χ1v) is 11.2. The Kier molecular flexibility index (Phi) is 5.18. The van der Waals surface area contributed by atoms with E-state index >= 15 is 0 Å². The molecule has 2 heterocycles. The molecular weight excluding hydrogens is 466 g/mol. The Morgan fingerprint density at radius 1 is 0.929 bits per heavy atom. The van der Waals surface area contributed by atoms with Crippen LogP contribution in [0, 0.1) is 0 Å². The maximum atomic E-state index is 12.0. The van der Waals surface area contributed by atoms with E-state index in [9.17, 15) is 8.42 Å². The molecule has 5 nitrogen and oxygen atoms in total. The summed E-state index contributed by atoms with van der Waals surface area (Å²) in [6.07, 6.45) is 0. The highest BCUT2D eigenvalue weighted by Crippen LogP contribution is 2.44. The number of sulfonamides is 1. The molecule has 0 spiro atoms. The lowest BCUT2D eigenvalue weighted by atomic mass is 10.1. The summed E-state index contributed by atoms with van der Waals surface area (Å²) < 4.78 is 33.9. The van der Waals surface area contributed by atoms with Gasteiger partial charge < -0.3 is 9.30 Å². The highest BCUT2D eigenvalue weighted by atomic mass is 35.5. The van der Waals surface area contributed by atoms with E-state index in [0.717, 1.165) is 0 Å². The number of benzene rings is 2. The van der Waals surface area contributed by atoms with Gasteiger partial charge in [0.05, 0.1) is 20.8 Å². The zero-order valence-corrected chi connectivity index (χ0v) is 17.9. The molecule has 0 fully saturated rings. The van der Waals surface area contributed by atoms with E-state index in [-0.39, 0.29) is 12.3 Å². The minimum absolute atomic E-state index is 0.0550. The van der Waals surface area contributed by atoms with Crippen molar-refractivity contribution in [3.05, 3.63) is 62.7 Å². The second kappa shape index (κ2) is 7.35. The van der Waals surface area contributed by atoms with Crippen LogP contribution >= 0.6 is 46.4 Å². The largest absolute Gasteiger partial charge is 0.457 e. The van der Waals surface area contributed by atoms with Gasteiger partial charge in [-0.3, -0.25) is 4.72 Å². The van der Waals surface area contributed by atoms with E-state index in [4.69, 9.17) is 51.1 Å². The van der Waals surface area contributed by atoms with Crippen LogP contribution in [0.1, 0.15) is 0 Å². The van der Waals surface area contributed by atoms with Crippen molar-refractivity contribution in [2.45, 2.75) is 6.54 Å². The molecule has 0 atom stereocenters. The van der Waals surface area contributed by atoms with Crippen LogP contribution < -0.4 is 9.46 Å². The van der Waals surface area contributed by atoms with Crippen LogP contribution in [0.4, 0.5) is 5.82 Å². The Balaban J connectivity index is 1.67. The van der Waals surface area contributed by atoms with Gasteiger partial charge in [0, 0.05) is 18.2 Å². The van der Waals surface area contributed by atoms with E-state index in [1.807, 2.05) is 0 Å². The zero-order chi connectivity index (χ0) is 20.1. The molecule has 28 heavy (non-hydrogen) atoms. The Bertz CT molecular complexity index is 1170. The van der Waals surface area contributed by atoms with Gasteiger partial charge in [-0.05, 0) is 29.8 Å². The third-order valence-electron chi connectivity index (χ3n) is 4.25. The van der Waals surface area contributed by atoms with Crippen molar-refractivity contribution in [2.24, 2.45) is 0 Å². The van der Waals surface area contributed by atoms with Crippen LogP contribution in [0.3, 0.4) is 0 Å². The molecule has 146 valence electrons. The van der Waals surface area contributed by atoms with E-state index in [2.05, 4.69) is 4.72 Å². The SMILES string of the molecule is O=S1(=O)CCn2c(Cl)c(Cl)c(-c3ccc(Oc4ccc(Cl)c(Cl)c4)cc3)c2N1. The molecule has 0 saturated carbocycles. The molecule has 1 aliphatic rings. The summed E-state index contributed by atoms with van der Waals surface area (Å²) in [6.45, 7) is 0.238. The lowest BCUT2D eigenvalue weighted by Crippen LogP contribution is -2.27. The quantitative estimate of drug-likeness (QED) is 0.480. The smallest absolute Gasteiger partial charge is 0.235 e. The van der Waals surface area contributed by atoms with Crippen molar-refractivity contribution in [2.75, 3.05) is 10.5 Å². The maximum absolute atomic E-state index is 12.0. The van der Waals surface area contributed by atoms with Gasteiger partial charge in [-0.15, -0.1) is 0 Å². The third kappa shape index (κ3) is 3.67. The number of aromatic nitrogens is 1. The first-order valence-electron chi connectivity index (χ1n) is 8.06. The highest BCUT2D eigenvalue weighted by Gasteiger charge is 2.29. The Labute approximate surface area is 181 Å². The molecule has 1 aromatic heterocycles. The predicted molar refractivity (Wildman–Crippen MR) is 114 cm³/mol. The standard InChI is InChI=1S/C18H12Cl4N2O3S/c19-13-6-5-12(9-14(13)20)27-11-3-1-10(2-4-11)15-16(21)17(22)24-7-8-28(25,26)23-18(15)24/h1-6,9,23H,7-8H2. The molecule has 0 unspecified atom stereocenters. The Morgan fingerprint density at radius 2 is 1.61 bits per heavy atom. The average molecular weight is 478 g/mol. The summed E-state index contributed by atoms with van der Waals surface area (Å²) in [4.78, 5) is 0. The normalized spacial score (nSPS) is 15.0. The fourth-order valence-corrected chi connectivity index (χ4v) is 4.80. The number of rotatable bonds is 3. The molecule has 10 heteroatoms. The molecule has 1 N–H and O–H groups in total. The van der Waals surface area contributed by atoms with Crippen LogP contribution in [0.5, 0.6) is 11.5 Å². The van der Waals surface area contributed by atoms with Gasteiger partial charge in [0.15, 0.2) is 0 Å². The van der Waals surface area contributed by atoms with Crippen LogP contribution in [-0.2, 0) is 16.6 Å².